The largest absolute Gasteiger partial charge is 0.341 e. The van der Waals surface area contributed by atoms with Crippen molar-refractivity contribution >= 4 is 17.8 Å². The summed E-state index contributed by atoms with van der Waals surface area (Å²) < 4.78 is 0. The van der Waals surface area contributed by atoms with Crippen molar-refractivity contribution in [2.24, 2.45) is 5.84 Å². The Bertz CT molecular complexity index is 349. The minimum atomic E-state index is 0.339. The summed E-state index contributed by atoms with van der Waals surface area (Å²) in [6.45, 7) is 5.74. The summed E-state index contributed by atoms with van der Waals surface area (Å²) in [5, 5.41) is 1.75. The first kappa shape index (κ1) is 13.4. The summed E-state index contributed by atoms with van der Waals surface area (Å²) in [6.07, 6.45) is 0. The van der Waals surface area contributed by atoms with Gasteiger partial charge in [-0.05, 0) is 13.8 Å². The van der Waals surface area contributed by atoms with Crippen LogP contribution in [-0.4, -0.2) is 47.1 Å². The summed E-state index contributed by atoms with van der Waals surface area (Å²) >= 11 is 0. The second kappa shape index (κ2) is 6.16. The van der Waals surface area contributed by atoms with Crippen LogP contribution in [0.1, 0.15) is 13.8 Å². The fraction of sp³-hybridized carbons (Fsp3) is 0.667. The molecule has 0 spiro atoms. The van der Waals surface area contributed by atoms with Gasteiger partial charge in [0.05, 0.1) is 0 Å². The highest BCUT2D eigenvalue weighted by molar-refractivity contribution is 5.42. The first-order valence-electron chi connectivity index (χ1n) is 5.52. The molecule has 1 aromatic heterocycles. The third kappa shape index (κ3) is 3.68. The Morgan fingerprint density at radius 1 is 1.06 bits per heavy atom. The Balaban J connectivity index is 3.03. The molecule has 1 heterocycles. The summed E-state index contributed by atoms with van der Waals surface area (Å²) in [4.78, 5) is 14.7. The standard InChI is InChI=1S/C9H20N8/c1-5-17(6-2)9-12-7(14-10)11-8(13-9)15-16(3)4/h5-6,10H2,1-4H3,(H2,11,12,13,14,15). The molecule has 0 bridgehead atoms. The molecule has 8 nitrogen and oxygen atoms in total. The molecule has 4 N–H and O–H groups in total. The van der Waals surface area contributed by atoms with Crippen molar-refractivity contribution in [2.45, 2.75) is 13.8 Å². The van der Waals surface area contributed by atoms with E-state index in [-0.39, 0.29) is 0 Å². The fourth-order valence-corrected chi connectivity index (χ4v) is 1.33. The molecule has 0 amide bonds. The average Bonchev–Trinajstić information content (AvgIpc) is 2.29. The van der Waals surface area contributed by atoms with Crippen LogP contribution in [0.25, 0.3) is 0 Å². The molecule has 1 aromatic rings. The van der Waals surface area contributed by atoms with Gasteiger partial charge in [-0.15, -0.1) is 0 Å². The molecular formula is C9H20N8. The minimum Gasteiger partial charge on any atom is -0.341 e. The third-order valence-electron chi connectivity index (χ3n) is 2.12. The van der Waals surface area contributed by atoms with E-state index in [0.29, 0.717) is 17.8 Å². The molecule has 8 heteroatoms. The lowest BCUT2D eigenvalue weighted by atomic mass is 10.5. The quantitative estimate of drug-likeness (QED) is 0.468. The van der Waals surface area contributed by atoms with Gasteiger partial charge in [0.1, 0.15) is 0 Å². The van der Waals surface area contributed by atoms with Gasteiger partial charge in [0, 0.05) is 27.2 Å². The molecule has 0 aliphatic heterocycles. The van der Waals surface area contributed by atoms with E-state index in [0.717, 1.165) is 13.1 Å². The summed E-state index contributed by atoms with van der Waals surface area (Å²) in [7, 11) is 3.72. The van der Waals surface area contributed by atoms with Crippen LogP contribution in [0, 0.1) is 0 Å². The van der Waals surface area contributed by atoms with E-state index in [1.54, 1.807) is 5.01 Å². The highest BCUT2D eigenvalue weighted by Crippen LogP contribution is 2.12. The smallest absolute Gasteiger partial charge is 0.244 e. The van der Waals surface area contributed by atoms with Gasteiger partial charge in [0.25, 0.3) is 0 Å². The third-order valence-corrected chi connectivity index (χ3v) is 2.12. The van der Waals surface area contributed by atoms with Crippen molar-refractivity contribution in [1.29, 1.82) is 0 Å². The lowest BCUT2D eigenvalue weighted by molar-refractivity contribution is 0.488. The number of nitrogens with zero attached hydrogens (tertiary/aromatic N) is 5. The lowest BCUT2D eigenvalue weighted by Crippen LogP contribution is -2.28. The molecule has 0 aliphatic rings. The van der Waals surface area contributed by atoms with Crippen LogP contribution in [0.2, 0.25) is 0 Å². The van der Waals surface area contributed by atoms with Crippen molar-refractivity contribution in [2.75, 3.05) is 42.9 Å². The topological polar surface area (TPSA) is 95.2 Å². The molecule has 0 radical (unpaired) electrons. The maximum absolute atomic E-state index is 5.34. The molecular weight excluding hydrogens is 220 g/mol. The lowest BCUT2D eigenvalue weighted by Gasteiger charge is -2.20. The van der Waals surface area contributed by atoms with E-state index in [1.165, 1.54) is 0 Å². The molecule has 17 heavy (non-hydrogen) atoms. The Hall–Kier alpha value is -1.67. The van der Waals surface area contributed by atoms with Gasteiger partial charge in [0.2, 0.25) is 17.8 Å². The predicted molar refractivity (Wildman–Crippen MR) is 68.5 cm³/mol. The first-order chi connectivity index (χ1) is 8.10. The van der Waals surface area contributed by atoms with Gasteiger partial charge in [-0.25, -0.2) is 10.9 Å². The maximum Gasteiger partial charge on any atom is 0.244 e. The Kier molecular flexibility index (Phi) is 4.85. The molecule has 0 atom stereocenters. The van der Waals surface area contributed by atoms with Gasteiger partial charge in [0.15, 0.2) is 0 Å². The summed E-state index contributed by atoms with van der Waals surface area (Å²) in [5.41, 5.74) is 5.41. The van der Waals surface area contributed by atoms with Crippen molar-refractivity contribution < 1.29 is 0 Å². The molecule has 0 aliphatic carbocycles. The Morgan fingerprint density at radius 3 is 2.12 bits per heavy atom. The predicted octanol–water partition coefficient (Wildman–Crippen LogP) is -0.108. The highest BCUT2D eigenvalue weighted by Gasteiger charge is 2.10. The number of nitrogen functional groups attached to an aromatic ring is 1. The number of hydrogen-bond acceptors (Lipinski definition) is 8. The number of anilines is 3. The van der Waals surface area contributed by atoms with Crippen LogP contribution in [0.15, 0.2) is 0 Å². The summed E-state index contributed by atoms with van der Waals surface area (Å²) in [6, 6.07) is 0. The van der Waals surface area contributed by atoms with Gasteiger partial charge < -0.3 is 4.90 Å². The van der Waals surface area contributed by atoms with Crippen LogP contribution in [-0.2, 0) is 0 Å². The second-order valence-electron chi connectivity index (χ2n) is 3.61. The molecule has 0 saturated heterocycles. The van der Waals surface area contributed by atoms with Crippen molar-refractivity contribution in [3.63, 3.8) is 0 Å². The zero-order valence-electron chi connectivity index (χ0n) is 10.7. The van der Waals surface area contributed by atoms with Crippen LogP contribution < -0.4 is 21.6 Å². The normalized spacial score (nSPS) is 10.5. The van der Waals surface area contributed by atoms with E-state index >= 15 is 0 Å². The van der Waals surface area contributed by atoms with Crippen LogP contribution >= 0.6 is 0 Å². The molecule has 0 saturated carbocycles. The number of hydrazine groups is 2. The van der Waals surface area contributed by atoms with E-state index in [2.05, 4.69) is 25.8 Å². The fourth-order valence-electron chi connectivity index (χ4n) is 1.33. The van der Waals surface area contributed by atoms with Crippen molar-refractivity contribution in [1.82, 2.24) is 20.0 Å². The summed E-state index contributed by atoms with van der Waals surface area (Å²) in [5.74, 6) is 6.74. The van der Waals surface area contributed by atoms with Crippen LogP contribution in [0.3, 0.4) is 0 Å². The van der Waals surface area contributed by atoms with E-state index in [4.69, 9.17) is 5.84 Å². The van der Waals surface area contributed by atoms with Crippen molar-refractivity contribution in [3.05, 3.63) is 0 Å². The minimum absolute atomic E-state index is 0.339. The van der Waals surface area contributed by atoms with Crippen molar-refractivity contribution in [3.8, 4) is 0 Å². The first-order valence-corrected chi connectivity index (χ1v) is 5.52. The zero-order valence-corrected chi connectivity index (χ0v) is 10.7. The molecule has 0 unspecified atom stereocenters. The second-order valence-corrected chi connectivity index (χ2v) is 3.61. The number of hydrogen-bond donors (Lipinski definition) is 3. The van der Waals surface area contributed by atoms with E-state index in [9.17, 15) is 0 Å². The number of nitrogens with one attached hydrogen (secondary N) is 2. The molecule has 1 rings (SSSR count). The molecule has 0 aromatic carbocycles. The average molecular weight is 240 g/mol. The zero-order chi connectivity index (χ0) is 12.8. The maximum atomic E-state index is 5.34. The number of nitrogens with two attached hydrogens (primary N) is 1. The number of aromatic nitrogens is 3. The van der Waals surface area contributed by atoms with Gasteiger partial charge in [-0.1, -0.05) is 0 Å². The Labute approximate surface area is 101 Å². The van der Waals surface area contributed by atoms with Crippen LogP contribution in [0.4, 0.5) is 17.8 Å². The highest BCUT2D eigenvalue weighted by atomic mass is 15.5. The molecule has 96 valence electrons. The van der Waals surface area contributed by atoms with Crippen LogP contribution in [0.5, 0.6) is 0 Å². The molecule has 0 fully saturated rings. The van der Waals surface area contributed by atoms with E-state index in [1.807, 2.05) is 32.8 Å². The Morgan fingerprint density at radius 2 is 1.65 bits per heavy atom. The SMILES string of the molecule is CCN(CC)c1nc(NN)nc(NN(C)C)n1. The van der Waals surface area contributed by atoms with Gasteiger partial charge in [-0.2, -0.15) is 15.0 Å². The van der Waals surface area contributed by atoms with Gasteiger partial charge >= 0.3 is 0 Å². The number of rotatable bonds is 6. The monoisotopic (exact) mass is 240 g/mol. The van der Waals surface area contributed by atoms with Gasteiger partial charge in [-0.3, -0.25) is 10.9 Å². The van der Waals surface area contributed by atoms with E-state index < -0.39 is 0 Å².